The molecule has 2 saturated carbocycles. The second kappa shape index (κ2) is 18.6. The van der Waals surface area contributed by atoms with Gasteiger partial charge >= 0.3 is 0 Å². The van der Waals surface area contributed by atoms with Gasteiger partial charge in [0.15, 0.2) is 15.7 Å². The van der Waals surface area contributed by atoms with Crippen molar-refractivity contribution in [3.63, 3.8) is 0 Å². The normalized spacial score (nSPS) is 26.4. The predicted octanol–water partition coefficient (Wildman–Crippen LogP) is 3.36. The summed E-state index contributed by atoms with van der Waals surface area (Å²) in [5.74, 6) is -1.78. The average Bonchev–Trinajstić information content (AvgIpc) is 3.37. The van der Waals surface area contributed by atoms with Crippen molar-refractivity contribution >= 4 is 75.1 Å². The molecule has 0 bridgehead atoms. The van der Waals surface area contributed by atoms with Gasteiger partial charge in [0, 0.05) is 19.2 Å². The minimum atomic E-state index is -4.47. The third-order valence-electron chi connectivity index (χ3n) is 9.39. The molecule has 1 aromatic rings. The van der Waals surface area contributed by atoms with Crippen LogP contribution in [0.25, 0.3) is 0 Å². The molecule has 1 amide bonds. The van der Waals surface area contributed by atoms with Gasteiger partial charge in [0.2, 0.25) is 5.91 Å². The highest BCUT2D eigenvalue weighted by atomic mass is 35.5. The number of carbonyl (C=O) groups is 1. The third-order valence-corrected chi connectivity index (χ3v) is 14.2. The van der Waals surface area contributed by atoms with Crippen LogP contribution in [0.4, 0.5) is 5.82 Å². The minimum absolute atomic E-state index is 0.161. The van der Waals surface area contributed by atoms with Crippen molar-refractivity contribution in [3.05, 3.63) is 5.69 Å². The quantitative estimate of drug-likeness (QED) is 0.0713. The lowest BCUT2D eigenvalue weighted by atomic mass is 9.86. The van der Waals surface area contributed by atoms with Crippen LogP contribution in [0.5, 0.6) is 0 Å². The molecule has 1 aromatic heterocycles. The molecule has 306 valence electrons. The van der Waals surface area contributed by atoms with E-state index >= 15 is 0 Å². The van der Waals surface area contributed by atoms with Gasteiger partial charge < -0.3 is 10.2 Å². The van der Waals surface area contributed by atoms with Crippen LogP contribution in [0.2, 0.25) is 0 Å². The highest BCUT2D eigenvalue weighted by molar-refractivity contribution is 7.91. The summed E-state index contributed by atoms with van der Waals surface area (Å²) in [6.07, 6.45) is 3.00. The van der Waals surface area contributed by atoms with Gasteiger partial charge in [0.1, 0.15) is 4.90 Å². The third kappa shape index (κ3) is 13.9. The van der Waals surface area contributed by atoms with Gasteiger partial charge in [-0.1, -0.05) is 13.8 Å². The minimum Gasteiger partial charge on any atom is -0.351 e. The Morgan fingerprint density at radius 3 is 1.87 bits per heavy atom. The van der Waals surface area contributed by atoms with E-state index in [0.29, 0.717) is 45.2 Å². The SMILES string of the molecule is CC(=O)NC1CC(N(CCCCS(=O)(=O)O)CCCCS(=O)(=O)O)CCC1N=Nc1c(S(C)(=O)=O)c(C(C)C)nn1C1C(Cl)CC(S(=O)(=O)O)CC1Cl. The number of hydrogen-bond donors (Lipinski definition) is 4. The largest absolute Gasteiger partial charge is 0.351 e. The van der Waals surface area contributed by atoms with E-state index in [1.807, 2.05) is 4.90 Å². The Balaban J connectivity index is 1.97. The molecule has 5 unspecified atom stereocenters. The van der Waals surface area contributed by atoms with E-state index in [1.54, 1.807) is 13.8 Å². The lowest BCUT2D eigenvalue weighted by molar-refractivity contribution is -0.120. The molecule has 0 saturated heterocycles. The molecular weight excluding hydrogens is 824 g/mol. The van der Waals surface area contributed by atoms with Crippen molar-refractivity contribution in [2.24, 2.45) is 10.2 Å². The maximum atomic E-state index is 13.2. The fourth-order valence-electron chi connectivity index (χ4n) is 6.94. The first-order valence-electron chi connectivity index (χ1n) is 17.2. The number of hydrogen-bond acceptors (Lipinski definition) is 13. The van der Waals surface area contributed by atoms with Gasteiger partial charge in [-0.05, 0) is 76.8 Å². The Kier molecular flexibility index (Phi) is 16.1. The first-order chi connectivity index (χ1) is 24.3. The summed E-state index contributed by atoms with van der Waals surface area (Å²) in [7, 11) is -16.8. The summed E-state index contributed by atoms with van der Waals surface area (Å²) in [5.41, 5.74) is 0.173. The highest BCUT2D eigenvalue weighted by Gasteiger charge is 2.45. The summed E-state index contributed by atoms with van der Waals surface area (Å²) in [6.45, 7) is 5.60. The molecule has 18 nitrogen and oxygen atoms in total. The molecule has 1 heterocycles. The predicted molar refractivity (Wildman–Crippen MR) is 199 cm³/mol. The number of halogens is 2. The van der Waals surface area contributed by atoms with E-state index in [4.69, 9.17) is 32.3 Å². The number of alkyl halides is 2. The van der Waals surface area contributed by atoms with Gasteiger partial charge in [-0.2, -0.15) is 35.5 Å². The van der Waals surface area contributed by atoms with E-state index in [-0.39, 0.29) is 54.0 Å². The number of amides is 1. The first kappa shape index (κ1) is 45.9. The highest BCUT2D eigenvalue weighted by Crippen LogP contribution is 2.44. The van der Waals surface area contributed by atoms with Crippen molar-refractivity contribution in [2.75, 3.05) is 30.9 Å². The fraction of sp³-hybridized carbons (Fsp3) is 0.862. The van der Waals surface area contributed by atoms with E-state index in [9.17, 15) is 43.0 Å². The second-order valence-electron chi connectivity index (χ2n) is 14.1. The number of sulfone groups is 1. The fourth-order valence-corrected chi connectivity index (χ4v) is 11.4. The zero-order valence-electron chi connectivity index (χ0n) is 30.0. The van der Waals surface area contributed by atoms with Gasteiger partial charge in [-0.3, -0.25) is 18.5 Å². The lowest BCUT2D eigenvalue weighted by Crippen LogP contribution is -2.51. The summed E-state index contributed by atoms with van der Waals surface area (Å²) in [6, 6.07) is -2.35. The maximum Gasteiger partial charge on any atom is 0.267 e. The number of rotatable bonds is 18. The zero-order valence-corrected chi connectivity index (χ0v) is 34.7. The number of carbonyl (C=O) groups excluding carboxylic acids is 1. The van der Waals surface area contributed by atoms with Crippen molar-refractivity contribution in [2.45, 2.75) is 130 Å². The summed E-state index contributed by atoms with van der Waals surface area (Å²) >= 11 is 13.3. The van der Waals surface area contributed by atoms with Crippen molar-refractivity contribution in [1.29, 1.82) is 0 Å². The molecule has 4 N–H and O–H groups in total. The number of azo groups is 1. The molecule has 24 heteroatoms. The van der Waals surface area contributed by atoms with Crippen LogP contribution in [0.1, 0.15) is 96.2 Å². The molecule has 0 aliphatic heterocycles. The van der Waals surface area contributed by atoms with Crippen LogP contribution in [0.3, 0.4) is 0 Å². The Hall–Kier alpha value is -1.50. The van der Waals surface area contributed by atoms with E-state index in [0.717, 1.165) is 6.26 Å². The Morgan fingerprint density at radius 1 is 0.906 bits per heavy atom. The first-order valence-corrected chi connectivity index (χ1v) is 24.7. The van der Waals surface area contributed by atoms with Gasteiger partial charge in [-0.15, -0.1) is 28.3 Å². The summed E-state index contributed by atoms with van der Waals surface area (Å²) < 4.78 is 125. The molecule has 5 atom stereocenters. The number of aromatic nitrogens is 2. The van der Waals surface area contributed by atoms with Crippen molar-refractivity contribution in [1.82, 2.24) is 20.0 Å². The Labute approximate surface area is 322 Å². The van der Waals surface area contributed by atoms with Crippen LogP contribution in [-0.4, -0.2) is 133 Å². The molecule has 2 fully saturated rings. The lowest BCUT2D eigenvalue weighted by Gasteiger charge is -2.40. The Bertz CT molecular complexity index is 1860. The van der Waals surface area contributed by atoms with E-state index in [1.165, 1.54) is 11.6 Å². The van der Waals surface area contributed by atoms with Crippen LogP contribution >= 0.6 is 23.2 Å². The van der Waals surface area contributed by atoms with Crippen LogP contribution in [0.15, 0.2) is 15.1 Å². The zero-order chi connectivity index (χ0) is 40.1. The van der Waals surface area contributed by atoms with E-state index in [2.05, 4.69) is 20.6 Å². The molecule has 2 aliphatic rings. The maximum absolute atomic E-state index is 13.2. The van der Waals surface area contributed by atoms with Gasteiger partial charge in [-0.25, -0.2) is 13.1 Å². The van der Waals surface area contributed by atoms with Crippen LogP contribution in [-0.2, 0) is 45.0 Å². The molecule has 3 rings (SSSR count). The van der Waals surface area contributed by atoms with E-state index < -0.39 is 91.7 Å². The molecular formula is C29H50Cl2N6O12S4. The second-order valence-corrected chi connectivity index (χ2v) is 22.0. The summed E-state index contributed by atoms with van der Waals surface area (Å²) in [4.78, 5) is 14.2. The Morgan fingerprint density at radius 2 is 1.43 bits per heavy atom. The van der Waals surface area contributed by atoms with Crippen LogP contribution < -0.4 is 5.32 Å². The van der Waals surface area contributed by atoms with Crippen molar-refractivity contribution in [3.8, 4) is 0 Å². The van der Waals surface area contributed by atoms with Gasteiger partial charge in [0.05, 0.1) is 51.3 Å². The molecule has 0 aromatic carbocycles. The number of unbranched alkanes of at least 4 members (excludes halogenated alkanes) is 2. The number of nitrogens with one attached hydrogen (secondary N) is 1. The monoisotopic (exact) mass is 872 g/mol. The molecule has 0 spiro atoms. The summed E-state index contributed by atoms with van der Waals surface area (Å²) in [5, 5.41) is 13.2. The molecule has 0 radical (unpaired) electrons. The standard InChI is InChI=1S/C29H50Cl2N6O12S4/c1-18(2)26-28(50(4,39)40)29(37(35-26)27-22(30)16-21(17-23(27)31)53(47,48)49)34-33-24-10-9-20(15-25(24)32-19(3)38)36(11-5-7-13-51(41,42)43)12-6-8-14-52(44,45)46/h18,20-25,27H,5-17H2,1-4H3,(H,32,38)(H,41,42,43)(H,44,45,46)(H,47,48,49). The molecule has 2 aliphatic carbocycles. The average molecular weight is 874 g/mol. The molecule has 53 heavy (non-hydrogen) atoms. The smallest absolute Gasteiger partial charge is 0.267 e. The topological polar surface area (TPSA) is 272 Å². The van der Waals surface area contributed by atoms with Crippen LogP contribution in [0, 0.1) is 0 Å². The van der Waals surface area contributed by atoms with Crippen molar-refractivity contribution < 1.29 is 52.1 Å². The number of nitrogens with zero attached hydrogens (tertiary/aromatic N) is 5. The van der Waals surface area contributed by atoms with Gasteiger partial charge in [0.25, 0.3) is 30.4 Å².